The topological polar surface area (TPSA) is 38.8 Å². The molecule has 0 N–H and O–H groups in total. The second-order valence-corrected chi connectivity index (χ2v) is 6.33. The van der Waals surface area contributed by atoms with Crippen LogP contribution in [0.4, 0.5) is 0 Å². The van der Waals surface area contributed by atoms with Gasteiger partial charge in [0.1, 0.15) is 18.1 Å². The molecule has 3 rings (SSSR count). The minimum Gasteiger partial charge on any atom is -0.489 e. The third-order valence-corrected chi connectivity index (χ3v) is 4.39. The van der Waals surface area contributed by atoms with Crippen molar-refractivity contribution in [3.05, 3.63) is 60.2 Å². The summed E-state index contributed by atoms with van der Waals surface area (Å²) in [5, 5.41) is 0. The van der Waals surface area contributed by atoms with Gasteiger partial charge in [-0.1, -0.05) is 43.2 Å². The molecule has 1 aliphatic heterocycles. The number of hydrogen-bond donors (Lipinski definition) is 0. The molecule has 0 bridgehead atoms. The van der Waals surface area contributed by atoms with Gasteiger partial charge in [0, 0.05) is 13.1 Å². The number of benzene rings is 2. The zero-order valence-corrected chi connectivity index (χ0v) is 14.5. The molecule has 1 fully saturated rings. The van der Waals surface area contributed by atoms with E-state index in [0.717, 1.165) is 37.2 Å². The van der Waals surface area contributed by atoms with Gasteiger partial charge < -0.3 is 14.4 Å². The minimum absolute atomic E-state index is 0.0753. The van der Waals surface area contributed by atoms with E-state index in [-0.39, 0.29) is 12.5 Å². The van der Waals surface area contributed by atoms with E-state index >= 15 is 0 Å². The molecule has 132 valence electrons. The van der Waals surface area contributed by atoms with E-state index in [1.54, 1.807) is 0 Å². The number of hydrogen-bond acceptors (Lipinski definition) is 3. The number of likely N-dealkylation sites (tertiary alicyclic amines) is 1. The number of ether oxygens (including phenoxy) is 2. The molecular weight excluding hydrogens is 314 g/mol. The molecule has 0 unspecified atom stereocenters. The monoisotopic (exact) mass is 339 g/mol. The summed E-state index contributed by atoms with van der Waals surface area (Å²) in [5.74, 6) is 1.55. The van der Waals surface area contributed by atoms with Gasteiger partial charge in [0.25, 0.3) is 5.91 Å². The maximum absolute atomic E-state index is 12.2. The van der Waals surface area contributed by atoms with E-state index in [1.807, 2.05) is 59.5 Å². The van der Waals surface area contributed by atoms with E-state index in [2.05, 4.69) is 0 Å². The summed E-state index contributed by atoms with van der Waals surface area (Å²) in [6.07, 6.45) is 4.63. The first-order valence-electron chi connectivity index (χ1n) is 8.98. The van der Waals surface area contributed by atoms with Crippen molar-refractivity contribution in [3.63, 3.8) is 0 Å². The van der Waals surface area contributed by atoms with Crippen molar-refractivity contribution in [1.29, 1.82) is 0 Å². The molecule has 1 amide bonds. The lowest BCUT2D eigenvalue weighted by molar-refractivity contribution is -0.133. The maximum Gasteiger partial charge on any atom is 0.260 e. The standard InChI is InChI=1S/C21H25NO3/c23-21(22-14-6-1-2-7-15-22)17-25-20-12-10-19(11-13-20)24-16-18-8-4-3-5-9-18/h3-5,8-13H,1-2,6-7,14-17H2. The Morgan fingerprint density at radius 2 is 1.40 bits per heavy atom. The normalized spacial score (nSPS) is 14.6. The number of amides is 1. The van der Waals surface area contributed by atoms with E-state index in [9.17, 15) is 4.79 Å². The third kappa shape index (κ3) is 5.52. The maximum atomic E-state index is 12.2. The SMILES string of the molecule is O=C(COc1ccc(OCc2ccccc2)cc1)N1CCCCCC1. The smallest absolute Gasteiger partial charge is 0.260 e. The molecular formula is C21H25NO3. The molecule has 2 aromatic rings. The third-order valence-electron chi connectivity index (χ3n) is 4.39. The molecule has 0 aromatic heterocycles. The summed E-state index contributed by atoms with van der Waals surface area (Å²) >= 11 is 0. The fraction of sp³-hybridized carbons (Fsp3) is 0.381. The molecule has 0 aliphatic carbocycles. The van der Waals surface area contributed by atoms with Crippen LogP contribution in [0.2, 0.25) is 0 Å². The Morgan fingerprint density at radius 3 is 2.04 bits per heavy atom. The van der Waals surface area contributed by atoms with E-state index in [0.29, 0.717) is 12.4 Å². The minimum atomic E-state index is 0.0753. The predicted molar refractivity (Wildman–Crippen MR) is 97.8 cm³/mol. The van der Waals surface area contributed by atoms with E-state index in [1.165, 1.54) is 12.8 Å². The van der Waals surface area contributed by atoms with Crippen LogP contribution < -0.4 is 9.47 Å². The van der Waals surface area contributed by atoms with Crippen LogP contribution in [0.3, 0.4) is 0 Å². The van der Waals surface area contributed by atoms with Crippen LogP contribution in [0.25, 0.3) is 0 Å². The summed E-state index contributed by atoms with van der Waals surface area (Å²) in [7, 11) is 0. The average molecular weight is 339 g/mol. The lowest BCUT2D eigenvalue weighted by Crippen LogP contribution is -2.35. The lowest BCUT2D eigenvalue weighted by Gasteiger charge is -2.20. The average Bonchev–Trinajstić information content (AvgIpc) is 2.96. The Morgan fingerprint density at radius 1 is 0.800 bits per heavy atom. The van der Waals surface area contributed by atoms with Gasteiger partial charge in [0.05, 0.1) is 0 Å². The molecule has 0 spiro atoms. The van der Waals surface area contributed by atoms with E-state index in [4.69, 9.17) is 9.47 Å². The van der Waals surface area contributed by atoms with Gasteiger partial charge in [0.15, 0.2) is 6.61 Å². The van der Waals surface area contributed by atoms with Crippen LogP contribution in [-0.4, -0.2) is 30.5 Å². The molecule has 0 atom stereocenters. The molecule has 25 heavy (non-hydrogen) atoms. The molecule has 4 heteroatoms. The number of nitrogens with zero attached hydrogens (tertiary/aromatic N) is 1. The zero-order chi connectivity index (χ0) is 17.3. The van der Waals surface area contributed by atoms with Crippen LogP contribution in [0.5, 0.6) is 11.5 Å². The fourth-order valence-corrected chi connectivity index (χ4v) is 2.93. The van der Waals surface area contributed by atoms with Crippen molar-refractivity contribution in [2.24, 2.45) is 0 Å². The molecule has 2 aromatic carbocycles. The molecule has 0 saturated carbocycles. The summed E-state index contributed by atoms with van der Waals surface area (Å²) in [4.78, 5) is 14.1. The highest BCUT2D eigenvalue weighted by molar-refractivity contribution is 5.77. The molecule has 1 saturated heterocycles. The second kappa shape index (κ2) is 9.11. The van der Waals surface area contributed by atoms with Gasteiger partial charge in [-0.3, -0.25) is 4.79 Å². The van der Waals surface area contributed by atoms with Crippen LogP contribution in [0, 0.1) is 0 Å². The van der Waals surface area contributed by atoms with Gasteiger partial charge in [-0.25, -0.2) is 0 Å². The van der Waals surface area contributed by atoms with Gasteiger partial charge >= 0.3 is 0 Å². The van der Waals surface area contributed by atoms with Crippen molar-refractivity contribution in [2.75, 3.05) is 19.7 Å². The Bertz CT molecular complexity index is 647. The number of carbonyl (C=O) groups is 1. The Labute approximate surface area is 149 Å². The van der Waals surface area contributed by atoms with Crippen LogP contribution in [0.1, 0.15) is 31.2 Å². The van der Waals surface area contributed by atoms with Crippen molar-refractivity contribution < 1.29 is 14.3 Å². The summed E-state index contributed by atoms with van der Waals surface area (Å²) < 4.78 is 11.4. The van der Waals surface area contributed by atoms with Crippen LogP contribution in [0.15, 0.2) is 54.6 Å². The molecule has 0 radical (unpaired) electrons. The van der Waals surface area contributed by atoms with Crippen molar-refractivity contribution in [3.8, 4) is 11.5 Å². The Kier molecular flexibility index (Phi) is 6.32. The summed E-state index contributed by atoms with van der Waals surface area (Å²) in [6.45, 7) is 2.35. The zero-order valence-electron chi connectivity index (χ0n) is 14.5. The van der Waals surface area contributed by atoms with Crippen LogP contribution in [-0.2, 0) is 11.4 Å². The summed E-state index contributed by atoms with van der Waals surface area (Å²) in [5.41, 5.74) is 1.13. The van der Waals surface area contributed by atoms with Crippen molar-refractivity contribution in [1.82, 2.24) is 4.90 Å². The first kappa shape index (κ1) is 17.3. The van der Waals surface area contributed by atoms with Gasteiger partial charge in [-0.05, 0) is 42.7 Å². The van der Waals surface area contributed by atoms with Gasteiger partial charge in [-0.2, -0.15) is 0 Å². The highest BCUT2D eigenvalue weighted by Gasteiger charge is 2.15. The summed E-state index contributed by atoms with van der Waals surface area (Å²) in [6, 6.07) is 17.5. The quantitative estimate of drug-likeness (QED) is 0.797. The fourth-order valence-electron chi connectivity index (χ4n) is 2.93. The lowest BCUT2D eigenvalue weighted by atomic mass is 10.2. The predicted octanol–water partition coefficient (Wildman–Crippen LogP) is 4.05. The Balaban J connectivity index is 1.45. The highest BCUT2D eigenvalue weighted by atomic mass is 16.5. The van der Waals surface area contributed by atoms with Crippen LogP contribution >= 0.6 is 0 Å². The molecule has 1 aliphatic rings. The first-order chi connectivity index (χ1) is 12.3. The second-order valence-electron chi connectivity index (χ2n) is 6.33. The number of carbonyl (C=O) groups excluding carboxylic acids is 1. The first-order valence-corrected chi connectivity index (χ1v) is 8.98. The van der Waals surface area contributed by atoms with E-state index < -0.39 is 0 Å². The van der Waals surface area contributed by atoms with Crippen molar-refractivity contribution >= 4 is 5.91 Å². The largest absolute Gasteiger partial charge is 0.489 e. The highest BCUT2D eigenvalue weighted by Crippen LogP contribution is 2.19. The number of rotatable bonds is 6. The van der Waals surface area contributed by atoms with Gasteiger partial charge in [-0.15, -0.1) is 0 Å². The Hall–Kier alpha value is -2.49. The molecule has 4 nitrogen and oxygen atoms in total. The van der Waals surface area contributed by atoms with Crippen molar-refractivity contribution in [2.45, 2.75) is 32.3 Å². The van der Waals surface area contributed by atoms with Gasteiger partial charge in [0.2, 0.25) is 0 Å². The molecule has 1 heterocycles.